The Morgan fingerprint density at radius 2 is 2.05 bits per heavy atom. The van der Waals surface area contributed by atoms with Crippen LogP contribution in [-0.2, 0) is 22.4 Å². The van der Waals surface area contributed by atoms with Crippen LogP contribution >= 0.6 is 11.3 Å². The van der Waals surface area contributed by atoms with Gasteiger partial charge in [-0.1, -0.05) is 20.3 Å². The summed E-state index contributed by atoms with van der Waals surface area (Å²) in [5.41, 5.74) is 1.18. The van der Waals surface area contributed by atoms with Crippen LogP contribution in [0.5, 0.6) is 0 Å². The fraction of sp³-hybridized carbons (Fsp3) is 0.750. The molecular formula is C16H26N2O2S. The van der Waals surface area contributed by atoms with Gasteiger partial charge in [0.05, 0.1) is 5.69 Å². The summed E-state index contributed by atoms with van der Waals surface area (Å²) in [6.07, 6.45) is 6.42. The van der Waals surface area contributed by atoms with Crippen molar-refractivity contribution in [3.63, 3.8) is 0 Å². The van der Waals surface area contributed by atoms with Crippen LogP contribution in [0.4, 0.5) is 5.13 Å². The van der Waals surface area contributed by atoms with Crippen molar-refractivity contribution in [3.8, 4) is 0 Å². The number of hydrogen-bond acceptors (Lipinski definition) is 4. The zero-order valence-electron chi connectivity index (χ0n) is 13.3. The molecule has 2 rings (SSSR count). The molecule has 118 valence electrons. The zero-order chi connectivity index (χ0) is 15.2. The summed E-state index contributed by atoms with van der Waals surface area (Å²) in [6.45, 7) is 6.72. The number of rotatable bonds is 6. The van der Waals surface area contributed by atoms with Crippen LogP contribution in [0.3, 0.4) is 0 Å². The molecule has 1 aliphatic rings. The normalized spacial score (nSPS) is 16.4. The number of thiazole rings is 1. The lowest BCUT2D eigenvalue weighted by Gasteiger charge is -2.13. The standard InChI is InChI=1S/C16H26N2O2S/c1-11(2)9-10-20-12(3)15(19)18-16-17-13-7-5-4-6-8-14(13)21-16/h11-12H,4-10H2,1-3H3,(H,17,18,19). The molecule has 1 unspecified atom stereocenters. The summed E-state index contributed by atoms with van der Waals surface area (Å²) in [5, 5.41) is 3.63. The first kappa shape index (κ1) is 16.4. The van der Waals surface area contributed by atoms with Gasteiger partial charge in [-0.05, 0) is 44.9 Å². The smallest absolute Gasteiger partial charge is 0.254 e. The van der Waals surface area contributed by atoms with Crippen LogP contribution in [0, 0.1) is 5.92 Å². The van der Waals surface area contributed by atoms with E-state index in [4.69, 9.17) is 4.74 Å². The number of nitrogens with one attached hydrogen (secondary N) is 1. The van der Waals surface area contributed by atoms with Crippen LogP contribution in [0.25, 0.3) is 0 Å². The third-order valence-electron chi connectivity index (χ3n) is 3.76. The molecule has 0 aromatic carbocycles. The van der Waals surface area contributed by atoms with Gasteiger partial charge < -0.3 is 4.74 Å². The second kappa shape index (κ2) is 7.90. The molecule has 0 radical (unpaired) electrons. The molecule has 4 nitrogen and oxygen atoms in total. The maximum Gasteiger partial charge on any atom is 0.254 e. The van der Waals surface area contributed by atoms with Gasteiger partial charge in [0, 0.05) is 11.5 Å². The van der Waals surface area contributed by atoms with Crippen molar-refractivity contribution in [1.82, 2.24) is 4.98 Å². The van der Waals surface area contributed by atoms with Crippen molar-refractivity contribution < 1.29 is 9.53 Å². The van der Waals surface area contributed by atoms with Crippen molar-refractivity contribution in [2.75, 3.05) is 11.9 Å². The summed E-state index contributed by atoms with van der Waals surface area (Å²) < 4.78 is 5.57. The Morgan fingerprint density at radius 3 is 2.81 bits per heavy atom. The molecule has 1 N–H and O–H groups in total. The van der Waals surface area contributed by atoms with E-state index in [1.165, 1.54) is 29.8 Å². The average molecular weight is 310 g/mol. The number of fused-ring (bicyclic) bond motifs is 1. The van der Waals surface area contributed by atoms with Crippen molar-refractivity contribution >= 4 is 22.4 Å². The largest absolute Gasteiger partial charge is 0.369 e. The first-order chi connectivity index (χ1) is 10.1. The minimum atomic E-state index is -0.424. The molecule has 1 aromatic rings. The monoisotopic (exact) mass is 310 g/mol. The Kier molecular flexibility index (Phi) is 6.18. The highest BCUT2D eigenvalue weighted by molar-refractivity contribution is 7.15. The lowest BCUT2D eigenvalue weighted by molar-refractivity contribution is -0.126. The fourth-order valence-electron chi connectivity index (χ4n) is 2.35. The van der Waals surface area contributed by atoms with Gasteiger partial charge in [0.2, 0.25) is 0 Å². The Bertz CT molecular complexity index is 447. The molecule has 0 bridgehead atoms. The lowest BCUT2D eigenvalue weighted by atomic mass is 10.1. The number of aromatic nitrogens is 1. The van der Waals surface area contributed by atoms with E-state index in [2.05, 4.69) is 24.1 Å². The van der Waals surface area contributed by atoms with E-state index in [0.717, 1.165) is 24.4 Å². The molecular weight excluding hydrogens is 284 g/mol. The average Bonchev–Trinajstić information content (AvgIpc) is 2.67. The molecule has 0 spiro atoms. The molecule has 0 saturated heterocycles. The van der Waals surface area contributed by atoms with Crippen molar-refractivity contribution in [2.24, 2.45) is 5.92 Å². The lowest BCUT2D eigenvalue weighted by Crippen LogP contribution is -2.28. The Labute approximate surface area is 131 Å². The van der Waals surface area contributed by atoms with Gasteiger partial charge in [-0.3, -0.25) is 10.1 Å². The molecule has 5 heteroatoms. The van der Waals surface area contributed by atoms with E-state index >= 15 is 0 Å². The molecule has 1 aliphatic carbocycles. The summed E-state index contributed by atoms with van der Waals surface area (Å²) in [5.74, 6) is 0.498. The number of nitrogens with zero attached hydrogens (tertiary/aromatic N) is 1. The minimum absolute atomic E-state index is 0.0948. The van der Waals surface area contributed by atoms with Crippen molar-refractivity contribution in [3.05, 3.63) is 10.6 Å². The number of ether oxygens (including phenoxy) is 1. The van der Waals surface area contributed by atoms with E-state index in [-0.39, 0.29) is 5.91 Å². The first-order valence-corrected chi connectivity index (χ1v) is 8.79. The molecule has 0 fully saturated rings. The highest BCUT2D eigenvalue weighted by Gasteiger charge is 2.18. The number of carbonyl (C=O) groups is 1. The van der Waals surface area contributed by atoms with E-state index in [9.17, 15) is 4.79 Å². The molecule has 1 amide bonds. The van der Waals surface area contributed by atoms with E-state index in [1.54, 1.807) is 18.3 Å². The highest BCUT2D eigenvalue weighted by Crippen LogP contribution is 2.29. The highest BCUT2D eigenvalue weighted by atomic mass is 32.1. The van der Waals surface area contributed by atoms with Crippen LogP contribution in [-0.4, -0.2) is 23.6 Å². The SMILES string of the molecule is CC(C)CCOC(C)C(=O)Nc1nc2c(s1)CCCCC2. The number of amides is 1. The van der Waals surface area contributed by atoms with Gasteiger partial charge in [-0.2, -0.15) is 0 Å². The van der Waals surface area contributed by atoms with Gasteiger partial charge in [-0.25, -0.2) is 4.98 Å². The van der Waals surface area contributed by atoms with Gasteiger partial charge in [0.15, 0.2) is 5.13 Å². The van der Waals surface area contributed by atoms with Crippen LogP contribution in [0.1, 0.15) is 57.0 Å². The Hall–Kier alpha value is -0.940. The molecule has 1 heterocycles. The minimum Gasteiger partial charge on any atom is -0.369 e. The summed E-state index contributed by atoms with van der Waals surface area (Å²) in [7, 11) is 0. The second-order valence-electron chi connectivity index (χ2n) is 6.13. The number of aryl methyl sites for hydroxylation is 2. The predicted molar refractivity (Wildman–Crippen MR) is 86.9 cm³/mol. The summed E-state index contributed by atoms with van der Waals surface area (Å²) in [6, 6.07) is 0. The van der Waals surface area contributed by atoms with Crippen molar-refractivity contribution in [2.45, 2.75) is 65.4 Å². The van der Waals surface area contributed by atoms with Crippen LogP contribution < -0.4 is 5.32 Å². The third-order valence-corrected chi connectivity index (χ3v) is 4.83. The van der Waals surface area contributed by atoms with E-state index in [0.29, 0.717) is 12.5 Å². The zero-order valence-corrected chi connectivity index (χ0v) is 14.1. The molecule has 1 aromatic heterocycles. The molecule has 21 heavy (non-hydrogen) atoms. The number of hydrogen-bond donors (Lipinski definition) is 1. The first-order valence-electron chi connectivity index (χ1n) is 7.97. The van der Waals surface area contributed by atoms with Gasteiger partial charge in [0.25, 0.3) is 5.91 Å². The Morgan fingerprint density at radius 1 is 1.29 bits per heavy atom. The van der Waals surface area contributed by atoms with Crippen LogP contribution in [0.15, 0.2) is 0 Å². The van der Waals surface area contributed by atoms with E-state index in [1.807, 2.05) is 0 Å². The van der Waals surface area contributed by atoms with Gasteiger partial charge >= 0.3 is 0 Å². The molecule has 0 saturated carbocycles. The van der Waals surface area contributed by atoms with Gasteiger partial charge in [-0.15, -0.1) is 11.3 Å². The topological polar surface area (TPSA) is 51.2 Å². The fourth-order valence-corrected chi connectivity index (χ4v) is 3.40. The maximum atomic E-state index is 12.1. The number of anilines is 1. The second-order valence-corrected chi connectivity index (χ2v) is 7.22. The van der Waals surface area contributed by atoms with Crippen LogP contribution in [0.2, 0.25) is 0 Å². The van der Waals surface area contributed by atoms with E-state index < -0.39 is 6.10 Å². The Balaban J connectivity index is 1.84. The predicted octanol–water partition coefficient (Wildman–Crippen LogP) is 3.80. The number of carbonyl (C=O) groups excluding carboxylic acids is 1. The molecule has 1 atom stereocenters. The maximum absolute atomic E-state index is 12.1. The van der Waals surface area contributed by atoms with Crippen molar-refractivity contribution in [1.29, 1.82) is 0 Å². The van der Waals surface area contributed by atoms with Gasteiger partial charge in [0.1, 0.15) is 6.10 Å². The summed E-state index contributed by atoms with van der Waals surface area (Å²) in [4.78, 5) is 18.0. The third kappa shape index (κ3) is 5.08. The summed E-state index contributed by atoms with van der Waals surface area (Å²) >= 11 is 1.62. The molecule has 0 aliphatic heterocycles. The quantitative estimate of drug-likeness (QED) is 0.813.